The van der Waals surface area contributed by atoms with Gasteiger partial charge in [0.2, 0.25) is 0 Å². The Labute approximate surface area is 80.0 Å². The van der Waals surface area contributed by atoms with Gasteiger partial charge in [0.1, 0.15) is 0 Å². The average Bonchev–Trinajstić information content (AvgIpc) is 2.11. The Bertz CT molecular complexity index is 117. The Kier molecular flexibility index (Phi) is 7.17. The fourth-order valence-electron chi connectivity index (χ4n) is 0.901. The SMILES string of the molecule is COCCOCCCC(C)(O)CN. The van der Waals surface area contributed by atoms with Crippen molar-refractivity contribution in [3.05, 3.63) is 0 Å². The number of ether oxygens (including phenoxy) is 2. The van der Waals surface area contributed by atoms with E-state index in [9.17, 15) is 5.11 Å². The second-order valence-electron chi connectivity index (χ2n) is 3.41. The predicted molar refractivity (Wildman–Crippen MR) is 51.6 cm³/mol. The van der Waals surface area contributed by atoms with E-state index < -0.39 is 5.60 Å². The van der Waals surface area contributed by atoms with E-state index in [4.69, 9.17) is 15.2 Å². The van der Waals surface area contributed by atoms with Crippen molar-refractivity contribution in [2.24, 2.45) is 5.73 Å². The molecule has 0 radical (unpaired) electrons. The third-order valence-corrected chi connectivity index (χ3v) is 1.88. The Morgan fingerprint density at radius 1 is 1.31 bits per heavy atom. The van der Waals surface area contributed by atoms with Crippen LogP contribution in [0, 0.1) is 0 Å². The van der Waals surface area contributed by atoms with Gasteiger partial charge in [-0.05, 0) is 19.8 Å². The first kappa shape index (κ1) is 12.8. The molecule has 0 aliphatic heterocycles. The summed E-state index contributed by atoms with van der Waals surface area (Å²) in [4.78, 5) is 0. The zero-order valence-electron chi connectivity index (χ0n) is 8.58. The quantitative estimate of drug-likeness (QED) is 0.536. The lowest BCUT2D eigenvalue weighted by atomic mass is 10.0. The summed E-state index contributed by atoms with van der Waals surface area (Å²) in [5, 5.41) is 9.52. The molecule has 1 unspecified atom stereocenters. The van der Waals surface area contributed by atoms with Crippen molar-refractivity contribution < 1.29 is 14.6 Å². The molecule has 0 saturated heterocycles. The zero-order valence-corrected chi connectivity index (χ0v) is 8.58. The molecule has 0 aromatic carbocycles. The highest BCUT2D eigenvalue weighted by atomic mass is 16.5. The maximum absolute atomic E-state index is 9.52. The average molecular weight is 191 g/mol. The summed E-state index contributed by atoms with van der Waals surface area (Å²) in [5.74, 6) is 0. The normalized spacial score (nSPS) is 15.7. The highest BCUT2D eigenvalue weighted by Gasteiger charge is 2.16. The first-order valence-corrected chi connectivity index (χ1v) is 4.61. The summed E-state index contributed by atoms with van der Waals surface area (Å²) in [7, 11) is 1.64. The Hall–Kier alpha value is -0.160. The van der Waals surface area contributed by atoms with Crippen LogP contribution in [-0.2, 0) is 9.47 Å². The maximum Gasteiger partial charge on any atom is 0.0742 e. The van der Waals surface area contributed by atoms with Crippen LogP contribution >= 0.6 is 0 Å². The van der Waals surface area contributed by atoms with E-state index in [2.05, 4.69) is 0 Å². The number of nitrogens with two attached hydrogens (primary N) is 1. The molecule has 0 rings (SSSR count). The smallest absolute Gasteiger partial charge is 0.0742 e. The van der Waals surface area contributed by atoms with Crippen molar-refractivity contribution in [3.63, 3.8) is 0 Å². The van der Waals surface area contributed by atoms with Crippen LogP contribution in [0.2, 0.25) is 0 Å². The molecule has 4 nitrogen and oxygen atoms in total. The molecule has 0 fully saturated rings. The third kappa shape index (κ3) is 8.18. The minimum Gasteiger partial charge on any atom is -0.389 e. The molecular weight excluding hydrogens is 170 g/mol. The van der Waals surface area contributed by atoms with Crippen molar-refractivity contribution in [1.82, 2.24) is 0 Å². The molecule has 0 aromatic heterocycles. The minimum atomic E-state index is -0.745. The molecule has 0 heterocycles. The number of hydrogen-bond acceptors (Lipinski definition) is 4. The molecule has 0 spiro atoms. The Morgan fingerprint density at radius 3 is 2.54 bits per heavy atom. The molecule has 0 aromatic rings. The van der Waals surface area contributed by atoms with E-state index >= 15 is 0 Å². The van der Waals surface area contributed by atoms with E-state index in [1.807, 2.05) is 0 Å². The highest BCUT2D eigenvalue weighted by molar-refractivity contribution is 4.72. The molecule has 4 heteroatoms. The lowest BCUT2D eigenvalue weighted by Gasteiger charge is -2.20. The summed E-state index contributed by atoms with van der Waals surface area (Å²) >= 11 is 0. The Morgan fingerprint density at radius 2 is 2.00 bits per heavy atom. The minimum absolute atomic E-state index is 0.297. The largest absolute Gasteiger partial charge is 0.389 e. The lowest BCUT2D eigenvalue weighted by Crippen LogP contribution is -2.34. The fourth-order valence-corrected chi connectivity index (χ4v) is 0.901. The molecular formula is C9H21NO3. The fraction of sp³-hybridized carbons (Fsp3) is 1.00. The van der Waals surface area contributed by atoms with Crippen molar-refractivity contribution in [2.75, 3.05) is 33.5 Å². The zero-order chi connectivity index (χ0) is 10.2. The topological polar surface area (TPSA) is 64.7 Å². The summed E-state index contributed by atoms with van der Waals surface area (Å²) in [6.45, 7) is 3.92. The molecule has 0 aliphatic carbocycles. The molecule has 1 atom stereocenters. The summed E-state index contributed by atoms with van der Waals surface area (Å²) in [5.41, 5.74) is 4.61. The van der Waals surface area contributed by atoms with Gasteiger partial charge in [0.05, 0.1) is 18.8 Å². The second-order valence-corrected chi connectivity index (χ2v) is 3.41. The van der Waals surface area contributed by atoms with Crippen LogP contribution in [0.3, 0.4) is 0 Å². The lowest BCUT2D eigenvalue weighted by molar-refractivity contribution is 0.0334. The highest BCUT2D eigenvalue weighted by Crippen LogP contribution is 2.09. The summed E-state index contributed by atoms with van der Waals surface area (Å²) < 4.78 is 10.1. The van der Waals surface area contributed by atoms with Gasteiger partial charge >= 0.3 is 0 Å². The predicted octanol–water partition coefficient (Wildman–Crippen LogP) is 0.139. The number of methoxy groups -OCH3 is 1. The summed E-state index contributed by atoms with van der Waals surface area (Å²) in [6, 6.07) is 0. The number of hydrogen-bond donors (Lipinski definition) is 2. The van der Waals surface area contributed by atoms with Crippen molar-refractivity contribution in [3.8, 4) is 0 Å². The van der Waals surface area contributed by atoms with Crippen LogP contribution in [0.15, 0.2) is 0 Å². The first-order chi connectivity index (χ1) is 6.12. The molecule has 80 valence electrons. The second kappa shape index (κ2) is 7.26. The van der Waals surface area contributed by atoms with Crippen LogP contribution in [0.5, 0.6) is 0 Å². The molecule has 0 bridgehead atoms. The molecule has 0 amide bonds. The van der Waals surface area contributed by atoms with E-state index in [-0.39, 0.29) is 0 Å². The van der Waals surface area contributed by atoms with E-state index in [0.717, 1.165) is 6.42 Å². The van der Waals surface area contributed by atoms with Crippen LogP contribution in [0.1, 0.15) is 19.8 Å². The van der Waals surface area contributed by atoms with Gasteiger partial charge < -0.3 is 20.3 Å². The Balaban J connectivity index is 3.16. The van der Waals surface area contributed by atoms with Gasteiger partial charge in [-0.2, -0.15) is 0 Å². The van der Waals surface area contributed by atoms with Gasteiger partial charge in [0.15, 0.2) is 0 Å². The standard InChI is InChI=1S/C9H21NO3/c1-9(11,8-10)4-3-5-13-7-6-12-2/h11H,3-8,10H2,1-2H3. The molecule has 0 aliphatic rings. The number of aliphatic hydroxyl groups is 1. The van der Waals surface area contributed by atoms with Gasteiger partial charge in [0.25, 0.3) is 0 Å². The van der Waals surface area contributed by atoms with Gasteiger partial charge in [-0.25, -0.2) is 0 Å². The molecule has 0 saturated carbocycles. The molecule has 13 heavy (non-hydrogen) atoms. The number of rotatable bonds is 8. The van der Waals surface area contributed by atoms with Crippen molar-refractivity contribution >= 4 is 0 Å². The van der Waals surface area contributed by atoms with Gasteiger partial charge in [0, 0.05) is 20.3 Å². The molecule has 3 N–H and O–H groups in total. The van der Waals surface area contributed by atoms with Crippen LogP contribution < -0.4 is 5.73 Å². The first-order valence-electron chi connectivity index (χ1n) is 4.61. The monoisotopic (exact) mass is 191 g/mol. The van der Waals surface area contributed by atoms with E-state index in [0.29, 0.717) is 32.8 Å². The van der Waals surface area contributed by atoms with Crippen LogP contribution in [0.25, 0.3) is 0 Å². The van der Waals surface area contributed by atoms with Gasteiger partial charge in [-0.1, -0.05) is 0 Å². The van der Waals surface area contributed by atoms with Gasteiger partial charge in [-0.15, -0.1) is 0 Å². The maximum atomic E-state index is 9.52. The van der Waals surface area contributed by atoms with E-state index in [1.165, 1.54) is 0 Å². The van der Waals surface area contributed by atoms with Crippen molar-refractivity contribution in [2.45, 2.75) is 25.4 Å². The third-order valence-electron chi connectivity index (χ3n) is 1.88. The van der Waals surface area contributed by atoms with Crippen LogP contribution in [0.4, 0.5) is 0 Å². The summed E-state index contributed by atoms with van der Waals surface area (Å²) in [6.07, 6.45) is 1.50. The van der Waals surface area contributed by atoms with Gasteiger partial charge in [-0.3, -0.25) is 0 Å². The van der Waals surface area contributed by atoms with E-state index in [1.54, 1.807) is 14.0 Å². The van der Waals surface area contributed by atoms with Crippen molar-refractivity contribution in [1.29, 1.82) is 0 Å². The van der Waals surface area contributed by atoms with Crippen LogP contribution in [-0.4, -0.2) is 44.2 Å².